The van der Waals surface area contributed by atoms with Crippen LogP contribution >= 0.6 is 23.5 Å². The molecular formula is C22H35NO3S2. The van der Waals surface area contributed by atoms with Crippen LogP contribution in [0.3, 0.4) is 0 Å². The molecule has 1 saturated carbocycles. The van der Waals surface area contributed by atoms with Crippen LogP contribution < -0.4 is 14.8 Å². The summed E-state index contributed by atoms with van der Waals surface area (Å²) in [5, 5.41) is 3.14. The van der Waals surface area contributed by atoms with Crippen molar-refractivity contribution in [2.45, 2.75) is 56.5 Å². The van der Waals surface area contributed by atoms with Crippen LogP contribution in [-0.4, -0.2) is 42.3 Å². The van der Waals surface area contributed by atoms with E-state index in [1.807, 2.05) is 18.2 Å². The Kier molecular flexibility index (Phi) is 9.86. The van der Waals surface area contributed by atoms with Crippen LogP contribution in [0.25, 0.3) is 0 Å². The van der Waals surface area contributed by atoms with Crippen LogP contribution in [0.1, 0.15) is 51.5 Å². The van der Waals surface area contributed by atoms with E-state index in [9.17, 15) is 4.79 Å². The largest absolute Gasteiger partial charge is 0.493 e. The Hall–Kier alpha value is -1.01. The van der Waals surface area contributed by atoms with Gasteiger partial charge in [0.1, 0.15) is 0 Å². The van der Waals surface area contributed by atoms with Crippen LogP contribution in [0.5, 0.6) is 11.5 Å². The minimum absolute atomic E-state index is 0.185. The van der Waals surface area contributed by atoms with Gasteiger partial charge in [0.2, 0.25) is 5.91 Å². The summed E-state index contributed by atoms with van der Waals surface area (Å²) >= 11 is 4.12. The van der Waals surface area contributed by atoms with Crippen molar-refractivity contribution in [2.24, 2.45) is 5.92 Å². The predicted octanol–water partition coefficient (Wildman–Crippen LogP) is 5.15. The van der Waals surface area contributed by atoms with Crippen molar-refractivity contribution in [1.29, 1.82) is 0 Å². The SMILES string of the molecule is CCSC1(SCC)CCCCC1CC(=O)NCCc1ccc(OC)c(OC)c1. The van der Waals surface area contributed by atoms with Crippen LogP contribution in [0.2, 0.25) is 0 Å². The fourth-order valence-corrected chi connectivity index (χ4v) is 7.50. The molecule has 1 N–H and O–H groups in total. The molecule has 1 aromatic carbocycles. The van der Waals surface area contributed by atoms with E-state index in [0.29, 0.717) is 18.9 Å². The first-order chi connectivity index (χ1) is 13.6. The average molecular weight is 426 g/mol. The third-order valence-corrected chi connectivity index (χ3v) is 8.68. The molecule has 1 aromatic rings. The summed E-state index contributed by atoms with van der Waals surface area (Å²) in [6.45, 7) is 5.12. The van der Waals surface area contributed by atoms with Gasteiger partial charge in [0, 0.05) is 13.0 Å². The number of benzene rings is 1. The highest BCUT2D eigenvalue weighted by molar-refractivity contribution is 8.18. The standard InChI is InChI=1S/C22H35NO3S2/c1-5-27-22(28-6-2)13-8-7-9-18(22)16-21(24)23-14-12-17-10-11-19(25-3)20(15-17)26-4/h10-11,15,18H,5-9,12-14,16H2,1-4H3,(H,23,24). The quantitative estimate of drug-likeness (QED) is 0.497. The van der Waals surface area contributed by atoms with Crippen molar-refractivity contribution in [1.82, 2.24) is 5.32 Å². The smallest absolute Gasteiger partial charge is 0.220 e. The maximum atomic E-state index is 12.6. The molecule has 0 aromatic heterocycles. The van der Waals surface area contributed by atoms with Gasteiger partial charge in [-0.1, -0.05) is 32.8 Å². The van der Waals surface area contributed by atoms with Crippen LogP contribution in [0.4, 0.5) is 0 Å². The van der Waals surface area contributed by atoms with E-state index in [2.05, 4.69) is 42.7 Å². The molecule has 2 rings (SSSR count). The number of hydrogen-bond donors (Lipinski definition) is 1. The van der Waals surface area contributed by atoms with E-state index in [0.717, 1.165) is 35.0 Å². The number of amides is 1. The van der Waals surface area contributed by atoms with Crippen molar-refractivity contribution in [3.8, 4) is 11.5 Å². The molecule has 6 heteroatoms. The van der Waals surface area contributed by atoms with Crippen molar-refractivity contribution >= 4 is 29.4 Å². The van der Waals surface area contributed by atoms with E-state index in [4.69, 9.17) is 9.47 Å². The normalized spacial score (nSPS) is 18.5. The lowest BCUT2D eigenvalue weighted by atomic mass is 9.85. The van der Waals surface area contributed by atoms with Gasteiger partial charge in [-0.15, -0.1) is 23.5 Å². The van der Waals surface area contributed by atoms with E-state index < -0.39 is 0 Å². The molecule has 0 bridgehead atoms. The van der Waals surface area contributed by atoms with E-state index in [-0.39, 0.29) is 9.99 Å². The summed E-state index contributed by atoms with van der Waals surface area (Å²) < 4.78 is 10.9. The molecule has 4 nitrogen and oxygen atoms in total. The maximum absolute atomic E-state index is 12.6. The van der Waals surface area contributed by atoms with Gasteiger partial charge >= 0.3 is 0 Å². The molecule has 0 heterocycles. The fraction of sp³-hybridized carbons (Fsp3) is 0.682. The first-order valence-corrected chi connectivity index (χ1v) is 12.3. The summed E-state index contributed by atoms with van der Waals surface area (Å²) in [5.41, 5.74) is 1.13. The minimum atomic E-state index is 0.185. The van der Waals surface area contributed by atoms with Gasteiger partial charge in [-0.2, -0.15) is 0 Å². The second kappa shape index (κ2) is 11.9. The lowest BCUT2D eigenvalue weighted by Crippen LogP contribution is -2.39. The van der Waals surface area contributed by atoms with Gasteiger partial charge in [0.25, 0.3) is 0 Å². The number of rotatable bonds is 11. The third-order valence-electron chi connectivity index (χ3n) is 5.34. The van der Waals surface area contributed by atoms with Gasteiger partial charge in [0.15, 0.2) is 11.5 Å². The number of ether oxygens (including phenoxy) is 2. The van der Waals surface area contributed by atoms with Crippen LogP contribution in [0, 0.1) is 5.92 Å². The monoisotopic (exact) mass is 425 g/mol. The molecule has 1 aliphatic rings. The molecule has 28 heavy (non-hydrogen) atoms. The zero-order chi connectivity index (χ0) is 20.4. The Labute approximate surface area is 178 Å². The molecule has 0 radical (unpaired) electrons. The van der Waals surface area contributed by atoms with Crippen LogP contribution in [-0.2, 0) is 11.2 Å². The Morgan fingerprint density at radius 2 is 1.86 bits per heavy atom. The Balaban J connectivity index is 1.88. The summed E-state index contributed by atoms with van der Waals surface area (Å²) in [5.74, 6) is 4.34. The molecule has 1 unspecified atom stereocenters. The first-order valence-electron chi connectivity index (χ1n) is 10.3. The molecular weight excluding hydrogens is 390 g/mol. The van der Waals surface area contributed by atoms with Gasteiger partial charge in [-0.25, -0.2) is 0 Å². The molecule has 1 fully saturated rings. The summed E-state index contributed by atoms with van der Waals surface area (Å²) in [7, 11) is 3.28. The summed E-state index contributed by atoms with van der Waals surface area (Å²) in [4.78, 5) is 12.6. The minimum Gasteiger partial charge on any atom is -0.493 e. The third kappa shape index (κ3) is 6.24. The zero-order valence-corrected chi connectivity index (χ0v) is 19.3. The van der Waals surface area contributed by atoms with Crippen molar-refractivity contribution in [2.75, 3.05) is 32.3 Å². The van der Waals surface area contributed by atoms with Crippen molar-refractivity contribution in [3.05, 3.63) is 23.8 Å². The molecule has 1 amide bonds. The molecule has 0 aliphatic heterocycles. The number of nitrogens with one attached hydrogen (secondary N) is 1. The first kappa shape index (κ1) is 23.3. The number of thioether (sulfide) groups is 2. The summed E-state index contributed by atoms with van der Waals surface area (Å²) in [6, 6.07) is 5.92. The fourth-order valence-electron chi connectivity index (χ4n) is 4.03. The summed E-state index contributed by atoms with van der Waals surface area (Å²) in [6.07, 6.45) is 6.37. The van der Waals surface area contributed by atoms with E-state index >= 15 is 0 Å². The van der Waals surface area contributed by atoms with Crippen molar-refractivity contribution in [3.63, 3.8) is 0 Å². The van der Waals surface area contributed by atoms with Gasteiger partial charge in [0.05, 0.1) is 18.3 Å². The average Bonchev–Trinajstić information content (AvgIpc) is 2.70. The lowest BCUT2D eigenvalue weighted by Gasteiger charge is -2.43. The molecule has 0 spiro atoms. The molecule has 1 aliphatic carbocycles. The van der Waals surface area contributed by atoms with Gasteiger partial charge in [-0.05, 0) is 54.4 Å². The predicted molar refractivity (Wildman–Crippen MR) is 122 cm³/mol. The van der Waals surface area contributed by atoms with Gasteiger partial charge < -0.3 is 14.8 Å². The Bertz CT molecular complexity index is 612. The maximum Gasteiger partial charge on any atom is 0.220 e. The van der Waals surface area contributed by atoms with Gasteiger partial charge in [-0.3, -0.25) is 4.79 Å². The second-order valence-electron chi connectivity index (χ2n) is 7.11. The molecule has 0 saturated heterocycles. The highest BCUT2D eigenvalue weighted by atomic mass is 32.2. The van der Waals surface area contributed by atoms with E-state index in [1.54, 1.807) is 14.2 Å². The van der Waals surface area contributed by atoms with Crippen LogP contribution in [0.15, 0.2) is 18.2 Å². The highest BCUT2D eigenvalue weighted by Crippen LogP contribution is 2.52. The topological polar surface area (TPSA) is 47.6 Å². The van der Waals surface area contributed by atoms with E-state index in [1.165, 1.54) is 25.7 Å². The number of carbonyl (C=O) groups excluding carboxylic acids is 1. The molecule has 1 atom stereocenters. The number of methoxy groups -OCH3 is 2. The number of hydrogen-bond acceptors (Lipinski definition) is 5. The second-order valence-corrected chi connectivity index (χ2v) is 10.6. The molecule has 158 valence electrons. The Morgan fingerprint density at radius 1 is 1.14 bits per heavy atom. The zero-order valence-electron chi connectivity index (χ0n) is 17.7. The highest BCUT2D eigenvalue weighted by Gasteiger charge is 2.41. The number of carbonyl (C=O) groups is 1. The Morgan fingerprint density at radius 3 is 2.50 bits per heavy atom. The van der Waals surface area contributed by atoms with Crippen molar-refractivity contribution < 1.29 is 14.3 Å². The lowest BCUT2D eigenvalue weighted by molar-refractivity contribution is -0.122.